The zero-order valence-electron chi connectivity index (χ0n) is 16.4. The summed E-state index contributed by atoms with van der Waals surface area (Å²) >= 11 is 0. The molecule has 0 aliphatic heterocycles. The largest absolute Gasteiger partial charge is 0.497 e. The first kappa shape index (κ1) is 19.6. The number of rotatable bonds is 7. The summed E-state index contributed by atoms with van der Waals surface area (Å²) in [6, 6.07) is 14.7. The minimum absolute atomic E-state index is 0.0626. The molecular formula is C22H25N2O4+. The fourth-order valence-electron chi connectivity index (χ4n) is 3.29. The number of hydrogen-bond donors (Lipinski definition) is 2. The number of para-hydroxylation sites is 1. The van der Waals surface area contributed by atoms with E-state index in [2.05, 4.69) is 12.2 Å². The van der Waals surface area contributed by atoms with Gasteiger partial charge in [0.15, 0.2) is 6.54 Å². The van der Waals surface area contributed by atoms with Gasteiger partial charge in [0.2, 0.25) is 0 Å². The Bertz CT molecular complexity index is 1040. The summed E-state index contributed by atoms with van der Waals surface area (Å²) in [5.41, 5.74) is 2.86. The average Bonchev–Trinajstić information content (AvgIpc) is 2.67. The van der Waals surface area contributed by atoms with E-state index < -0.39 is 5.63 Å². The third-order valence-corrected chi connectivity index (χ3v) is 4.66. The van der Waals surface area contributed by atoms with Gasteiger partial charge in [0.1, 0.15) is 17.9 Å². The topological polar surface area (TPSA) is 73.0 Å². The number of nitrogens with one attached hydrogen (secondary N) is 2. The summed E-state index contributed by atoms with van der Waals surface area (Å²) in [7, 11) is 3.49. The number of aryl methyl sites for hydroxylation is 1. The second-order valence-corrected chi connectivity index (χ2v) is 6.82. The molecule has 0 aliphatic carbocycles. The standard InChI is InChI=1S/C22H24N2O4/c1-4-15-7-5-6-8-19(15)23-21(25)14-24(2)13-16-11-22(26)28-20-12-17(27-3)9-10-18(16)20/h5-12H,4,13-14H2,1-3H3,(H,23,25)/p+1. The van der Waals surface area contributed by atoms with E-state index in [-0.39, 0.29) is 12.5 Å². The SMILES string of the molecule is CCc1ccccc1NC(=O)C[NH+](C)Cc1cc(=O)oc2cc(OC)ccc12. The van der Waals surface area contributed by atoms with Crippen molar-refractivity contribution in [3.8, 4) is 5.75 Å². The van der Waals surface area contributed by atoms with Crippen molar-refractivity contribution < 1.29 is 18.8 Å². The Hall–Kier alpha value is -3.12. The van der Waals surface area contributed by atoms with Crippen molar-refractivity contribution in [3.05, 3.63) is 70.1 Å². The molecule has 0 radical (unpaired) electrons. The van der Waals surface area contributed by atoms with Crippen molar-refractivity contribution in [2.24, 2.45) is 0 Å². The summed E-state index contributed by atoms with van der Waals surface area (Å²) in [6.07, 6.45) is 0.856. The lowest BCUT2D eigenvalue weighted by atomic mass is 10.1. The summed E-state index contributed by atoms with van der Waals surface area (Å²) in [5, 5.41) is 3.83. The molecular weight excluding hydrogens is 356 g/mol. The van der Waals surface area contributed by atoms with Crippen LogP contribution < -0.4 is 20.6 Å². The van der Waals surface area contributed by atoms with E-state index in [9.17, 15) is 9.59 Å². The highest BCUT2D eigenvalue weighted by Crippen LogP contribution is 2.22. The van der Waals surface area contributed by atoms with Gasteiger partial charge >= 0.3 is 5.63 Å². The number of anilines is 1. The van der Waals surface area contributed by atoms with Crippen LogP contribution in [0.2, 0.25) is 0 Å². The number of fused-ring (bicyclic) bond motifs is 1. The summed E-state index contributed by atoms with van der Waals surface area (Å²) in [5.74, 6) is 0.565. The molecule has 1 heterocycles. The van der Waals surface area contributed by atoms with Crippen LogP contribution in [0.25, 0.3) is 11.0 Å². The van der Waals surface area contributed by atoms with Crippen molar-refractivity contribution in [3.63, 3.8) is 0 Å². The van der Waals surface area contributed by atoms with E-state index in [0.29, 0.717) is 17.9 Å². The maximum absolute atomic E-state index is 12.5. The molecule has 6 heteroatoms. The first-order chi connectivity index (χ1) is 13.5. The highest BCUT2D eigenvalue weighted by Gasteiger charge is 2.15. The molecule has 3 aromatic rings. The molecule has 0 saturated carbocycles. The van der Waals surface area contributed by atoms with Crippen LogP contribution in [-0.4, -0.2) is 26.6 Å². The number of likely N-dealkylation sites (N-methyl/N-ethyl adjacent to an activating group) is 1. The lowest BCUT2D eigenvalue weighted by molar-refractivity contribution is -0.885. The van der Waals surface area contributed by atoms with Crippen molar-refractivity contribution in [1.29, 1.82) is 0 Å². The van der Waals surface area contributed by atoms with Crippen LogP contribution in [0, 0.1) is 0 Å². The second-order valence-electron chi connectivity index (χ2n) is 6.82. The van der Waals surface area contributed by atoms with Gasteiger partial charge in [0, 0.05) is 28.8 Å². The molecule has 146 valence electrons. The van der Waals surface area contributed by atoms with Crippen LogP contribution in [0.1, 0.15) is 18.1 Å². The summed E-state index contributed by atoms with van der Waals surface area (Å²) < 4.78 is 10.5. The Morgan fingerprint density at radius 2 is 1.93 bits per heavy atom. The number of benzene rings is 2. The van der Waals surface area contributed by atoms with Gasteiger partial charge in [-0.3, -0.25) is 4.79 Å². The van der Waals surface area contributed by atoms with Crippen LogP contribution in [0.4, 0.5) is 5.69 Å². The van der Waals surface area contributed by atoms with E-state index >= 15 is 0 Å². The molecule has 1 aromatic heterocycles. The van der Waals surface area contributed by atoms with Crippen LogP contribution in [-0.2, 0) is 17.8 Å². The first-order valence-corrected chi connectivity index (χ1v) is 9.30. The van der Waals surface area contributed by atoms with Crippen LogP contribution in [0.3, 0.4) is 0 Å². The maximum atomic E-state index is 12.5. The van der Waals surface area contributed by atoms with Crippen molar-refractivity contribution in [2.45, 2.75) is 19.9 Å². The third kappa shape index (κ3) is 4.58. The van der Waals surface area contributed by atoms with Crippen LogP contribution in [0.5, 0.6) is 5.75 Å². The Labute approximate surface area is 163 Å². The normalized spacial score (nSPS) is 12.0. The summed E-state index contributed by atoms with van der Waals surface area (Å²) in [4.78, 5) is 25.4. The Balaban J connectivity index is 1.73. The number of amides is 1. The monoisotopic (exact) mass is 381 g/mol. The molecule has 0 fully saturated rings. The fraction of sp³-hybridized carbons (Fsp3) is 0.273. The highest BCUT2D eigenvalue weighted by molar-refractivity contribution is 5.92. The Morgan fingerprint density at radius 3 is 2.68 bits per heavy atom. The fourth-order valence-corrected chi connectivity index (χ4v) is 3.29. The van der Waals surface area contributed by atoms with E-state index in [1.54, 1.807) is 13.2 Å². The third-order valence-electron chi connectivity index (χ3n) is 4.66. The zero-order chi connectivity index (χ0) is 20.1. The predicted molar refractivity (Wildman–Crippen MR) is 109 cm³/mol. The van der Waals surface area contributed by atoms with Gasteiger partial charge in [-0.1, -0.05) is 25.1 Å². The number of carbonyl (C=O) groups is 1. The molecule has 1 amide bonds. The minimum Gasteiger partial charge on any atom is -0.497 e. The van der Waals surface area contributed by atoms with E-state index in [4.69, 9.17) is 9.15 Å². The molecule has 1 unspecified atom stereocenters. The second kappa shape index (κ2) is 8.71. The molecule has 0 saturated heterocycles. The van der Waals surface area contributed by atoms with Crippen molar-refractivity contribution >= 4 is 22.6 Å². The van der Waals surface area contributed by atoms with Crippen LogP contribution in [0.15, 0.2) is 57.7 Å². The lowest BCUT2D eigenvalue weighted by Crippen LogP contribution is -3.08. The van der Waals surface area contributed by atoms with Crippen molar-refractivity contribution in [2.75, 3.05) is 26.0 Å². The maximum Gasteiger partial charge on any atom is 0.336 e. The van der Waals surface area contributed by atoms with Gasteiger partial charge < -0.3 is 19.4 Å². The number of quaternary nitrogens is 1. The lowest BCUT2D eigenvalue weighted by Gasteiger charge is -2.16. The van der Waals surface area contributed by atoms with Gasteiger partial charge in [-0.25, -0.2) is 4.79 Å². The molecule has 2 N–H and O–H groups in total. The molecule has 0 aliphatic rings. The predicted octanol–water partition coefficient (Wildman–Crippen LogP) is 2.02. The number of carbonyl (C=O) groups excluding carboxylic acids is 1. The highest BCUT2D eigenvalue weighted by atomic mass is 16.5. The van der Waals surface area contributed by atoms with Gasteiger partial charge in [-0.2, -0.15) is 0 Å². The van der Waals surface area contributed by atoms with E-state index in [1.807, 2.05) is 43.4 Å². The molecule has 0 bridgehead atoms. The van der Waals surface area contributed by atoms with Gasteiger partial charge in [-0.05, 0) is 30.2 Å². The number of ether oxygens (including phenoxy) is 1. The van der Waals surface area contributed by atoms with Gasteiger partial charge in [0.05, 0.1) is 14.2 Å². The zero-order valence-corrected chi connectivity index (χ0v) is 16.4. The average molecular weight is 381 g/mol. The molecule has 6 nitrogen and oxygen atoms in total. The van der Waals surface area contributed by atoms with Gasteiger partial charge in [0.25, 0.3) is 5.91 Å². The smallest absolute Gasteiger partial charge is 0.336 e. The molecule has 3 rings (SSSR count). The minimum atomic E-state index is -0.412. The number of methoxy groups -OCH3 is 1. The molecule has 2 aromatic carbocycles. The first-order valence-electron chi connectivity index (χ1n) is 9.30. The van der Waals surface area contributed by atoms with Crippen LogP contribution >= 0.6 is 0 Å². The van der Waals surface area contributed by atoms with E-state index in [1.165, 1.54) is 6.07 Å². The van der Waals surface area contributed by atoms with Gasteiger partial charge in [-0.15, -0.1) is 0 Å². The Kier molecular flexibility index (Phi) is 6.11. The van der Waals surface area contributed by atoms with Crippen molar-refractivity contribution in [1.82, 2.24) is 0 Å². The summed E-state index contributed by atoms with van der Waals surface area (Å²) in [6.45, 7) is 2.87. The number of hydrogen-bond acceptors (Lipinski definition) is 4. The molecule has 0 spiro atoms. The van der Waals surface area contributed by atoms with E-state index in [0.717, 1.165) is 33.5 Å². The quantitative estimate of drug-likeness (QED) is 0.614. The molecule has 28 heavy (non-hydrogen) atoms. The Morgan fingerprint density at radius 1 is 1.14 bits per heavy atom. The molecule has 1 atom stereocenters.